The molecule has 0 amide bonds. The molecule has 0 spiro atoms. The third-order valence-corrected chi connectivity index (χ3v) is 5.80. The lowest BCUT2D eigenvalue weighted by Crippen LogP contribution is -2.30. The van der Waals surface area contributed by atoms with Crippen molar-refractivity contribution in [2.45, 2.75) is 31.3 Å². The summed E-state index contributed by atoms with van der Waals surface area (Å²) < 4.78 is 37.9. The number of hydrogen-bond donors (Lipinski definition) is 1. The zero-order valence-electron chi connectivity index (χ0n) is 17.0. The van der Waals surface area contributed by atoms with Crippen molar-refractivity contribution < 1.29 is 22.8 Å². The number of rotatable bonds is 9. The normalized spacial score (nSPS) is 11.4. The van der Waals surface area contributed by atoms with E-state index in [1.807, 2.05) is 6.07 Å². The lowest BCUT2D eigenvalue weighted by molar-refractivity contribution is -0.384. The van der Waals surface area contributed by atoms with Crippen molar-refractivity contribution in [3.8, 4) is 11.5 Å². The summed E-state index contributed by atoms with van der Waals surface area (Å²) in [6.45, 7) is 3.64. The van der Waals surface area contributed by atoms with Gasteiger partial charge in [-0.3, -0.25) is 10.1 Å². The maximum atomic E-state index is 12.4. The third kappa shape index (κ3) is 5.15. The Morgan fingerprint density at radius 2 is 1.86 bits per heavy atom. The van der Waals surface area contributed by atoms with Crippen LogP contribution in [0.5, 0.6) is 11.5 Å². The SMILES string of the molecule is COc1cccc(CN(C)c2ccc(S(=O)(=O)NC(C)C)cc2[N+](=O)[O-])c1OC. The molecule has 10 heteroatoms. The monoisotopic (exact) mass is 423 g/mol. The molecule has 0 heterocycles. The molecule has 2 rings (SSSR count). The maximum absolute atomic E-state index is 12.4. The molecule has 0 bridgehead atoms. The highest BCUT2D eigenvalue weighted by molar-refractivity contribution is 7.89. The first-order valence-electron chi connectivity index (χ1n) is 8.82. The molecule has 0 saturated heterocycles. The van der Waals surface area contributed by atoms with Crippen LogP contribution in [0.1, 0.15) is 19.4 Å². The maximum Gasteiger partial charge on any atom is 0.293 e. The van der Waals surface area contributed by atoms with Crippen LogP contribution in [0.25, 0.3) is 0 Å². The van der Waals surface area contributed by atoms with Crippen molar-refractivity contribution in [2.24, 2.45) is 0 Å². The minimum atomic E-state index is -3.85. The van der Waals surface area contributed by atoms with Crippen molar-refractivity contribution in [2.75, 3.05) is 26.2 Å². The predicted octanol–water partition coefficient (Wildman–Crippen LogP) is 2.94. The van der Waals surface area contributed by atoms with E-state index in [1.54, 1.807) is 37.9 Å². The summed E-state index contributed by atoms with van der Waals surface area (Å²) in [5.41, 5.74) is 0.742. The summed E-state index contributed by atoms with van der Waals surface area (Å²) in [6.07, 6.45) is 0. The molecule has 2 aromatic rings. The van der Waals surface area contributed by atoms with Gasteiger partial charge in [0, 0.05) is 31.3 Å². The topological polar surface area (TPSA) is 111 Å². The van der Waals surface area contributed by atoms with Gasteiger partial charge in [-0.2, -0.15) is 0 Å². The van der Waals surface area contributed by atoms with Gasteiger partial charge in [-0.15, -0.1) is 0 Å². The molecule has 0 fully saturated rings. The van der Waals surface area contributed by atoms with Crippen molar-refractivity contribution in [1.29, 1.82) is 0 Å². The van der Waals surface area contributed by atoms with Gasteiger partial charge in [0.15, 0.2) is 11.5 Å². The smallest absolute Gasteiger partial charge is 0.293 e. The Morgan fingerprint density at radius 1 is 1.17 bits per heavy atom. The number of anilines is 1. The van der Waals surface area contributed by atoms with E-state index in [9.17, 15) is 18.5 Å². The molecule has 0 aromatic heterocycles. The van der Waals surface area contributed by atoms with Gasteiger partial charge in [0.05, 0.1) is 24.0 Å². The van der Waals surface area contributed by atoms with E-state index in [-0.39, 0.29) is 28.9 Å². The number of sulfonamides is 1. The van der Waals surface area contributed by atoms with E-state index in [2.05, 4.69) is 4.72 Å². The lowest BCUT2D eigenvalue weighted by atomic mass is 10.1. The van der Waals surface area contributed by atoms with Crippen LogP contribution in [0, 0.1) is 10.1 Å². The van der Waals surface area contributed by atoms with Gasteiger partial charge in [-0.25, -0.2) is 13.1 Å². The second kappa shape index (κ2) is 9.10. The van der Waals surface area contributed by atoms with Crippen LogP contribution in [0.4, 0.5) is 11.4 Å². The van der Waals surface area contributed by atoms with Crippen molar-refractivity contribution >= 4 is 21.4 Å². The van der Waals surface area contributed by atoms with E-state index >= 15 is 0 Å². The average Bonchev–Trinajstić information content (AvgIpc) is 2.66. The number of benzene rings is 2. The van der Waals surface area contributed by atoms with Crippen LogP contribution < -0.4 is 19.1 Å². The first-order chi connectivity index (χ1) is 13.6. The van der Waals surface area contributed by atoms with Gasteiger partial charge in [0.25, 0.3) is 5.69 Å². The minimum Gasteiger partial charge on any atom is -0.493 e. The molecule has 0 aliphatic heterocycles. The average molecular weight is 423 g/mol. The molecule has 0 aliphatic rings. The first-order valence-corrected chi connectivity index (χ1v) is 10.3. The minimum absolute atomic E-state index is 0.158. The number of nitrogens with one attached hydrogen (secondary N) is 1. The second-order valence-corrected chi connectivity index (χ2v) is 8.41. The van der Waals surface area contributed by atoms with Gasteiger partial charge in [0.2, 0.25) is 10.0 Å². The Kier molecular flexibility index (Phi) is 7.04. The van der Waals surface area contributed by atoms with Crippen LogP contribution in [0.15, 0.2) is 41.3 Å². The van der Waals surface area contributed by atoms with E-state index in [0.717, 1.165) is 11.6 Å². The highest BCUT2D eigenvalue weighted by atomic mass is 32.2. The molecule has 0 unspecified atom stereocenters. The molecule has 9 nitrogen and oxygen atoms in total. The van der Waals surface area contributed by atoms with Gasteiger partial charge in [-0.05, 0) is 32.0 Å². The summed E-state index contributed by atoms with van der Waals surface area (Å²) in [7, 11) is 0.884. The molecule has 0 aliphatic carbocycles. The molecular weight excluding hydrogens is 398 g/mol. The zero-order valence-corrected chi connectivity index (χ0v) is 17.8. The van der Waals surface area contributed by atoms with Gasteiger partial charge in [0.1, 0.15) is 5.69 Å². The van der Waals surface area contributed by atoms with Gasteiger partial charge < -0.3 is 14.4 Å². The van der Waals surface area contributed by atoms with Crippen LogP contribution in [0.2, 0.25) is 0 Å². The Morgan fingerprint density at radius 3 is 2.41 bits per heavy atom. The van der Waals surface area contributed by atoms with Crippen LogP contribution >= 0.6 is 0 Å². The zero-order chi connectivity index (χ0) is 21.8. The van der Waals surface area contributed by atoms with Crippen molar-refractivity contribution in [3.63, 3.8) is 0 Å². The summed E-state index contributed by atoms with van der Waals surface area (Å²) in [6, 6.07) is 8.90. The standard InChI is InChI=1S/C19H25N3O6S/c1-13(2)20-29(25,26)15-9-10-16(17(11-15)22(23)24)21(3)12-14-7-6-8-18(27-4)19(14)28-5/h6-11,13,20H,12H2,1-5H3. The summed E-state index contributed by atoms with van der Waals surface area (Å²) in [5, 5.41) is 11.6. The predicted molar refractivity (Wildman–Crippen MR) is 110 cm³/mol. The highest BCUT2D eigenvalue weighted by Crippen LogP contribution is 2.35. The molecular formula is C19H25N3O6S. The number of nitrogens with zero attached hydrogens (tertiary/aromatic N) is 2. The highest BCUT2D eigenvalue weighted by Gasteiger charge is 2.24. The molecule has 2 aromatic carbocycles. The Bertz CT molecular complexity index is 991. The molecule has 0 saturated carbocycles. The quantitative estimate of drug-likeness (QED) is 0.487. The lowest BCUT2D eigenvalue weighted by Gasteiger charge is -2.22. The Labute approximate surface area is 170 Å². The molecule has 29 heavy (non-hydrogen) atoms. The largest absolute Gasteiger partial charge is 0.493 e. The summed E-state index contributed by atoms with van der Waals surface area (Å²) in [5.74, 6) is 1.08. The number of nitro benzene ring substituents is 1. The Hall–Kier alpha value is -2.85. The number of para-hydroxylation sites is 1. The summed E-state index contributed by atoms with van der Waals surface area (Å²) in [4.78, 5) is 12.5. The van der Waals surface area contributed by atoms with E-state index < -0.39 is 14.9 Å². The second-order valence-electron chi connectivity index (χ2n) is 6.69. The fourth-order valence-corrected chi connectivity index (χ4v) is 4.21. The molecule has 1 N–H and O–H groups in total. The number of ether oxygens (including phenoxy) is 2. The van der Waals surface area contributed by atoms with Crippen molar-refractivity contribution in [1.82, 2.24) is 4.72 Å². The van der Waals surface area contributed by atoms with E-state index in [0.29, 0.717) is 11.5 Å². The van der Waals surface area contributed by atoms with Crippen LogP contribution in [0.3, 0.4) is 0 Å². The summed E-state index contributed by atoms with van der Waals surface area (Å²) >= 11 is 0. The van der Waals surface area contributed by atoms with Crippen molar-refractivity contribution in [3.05, 3.63) is 52.1 Å². The van der Waals surface area contributed by atoms with E-state index in [1.165, 1.54) is 26.4 Å². The van der Waals surface area contributed by atoms with E-state index in [4.69, 9.17) is 9.47 Å². The van der Waals surface area contributed by atoms with Gasteiger partial charge in [-0.1, -0.05) is 12.1 Å². The fourth-order valence-electron chi connectivity index (χ4n) is 2.94. The fraction of sp³-hybridized carbons (Fsp3) is 0.368. The number of nitro groups is 1. The third-order valence-electron chi connectivity index (χ3n) is 4.15. The van der Waals surface area contributed by atoms with Crippen LogP contribution in [-0.4, -0.2) is 40.7 Å². The number of methoxy groups -OCH3 is 2. The molecule has 158 valence electrons. The Balaban J connectivity index is 2.43. The molecule has 0 radical (unpaired) electrons. The first kappa shape index (κ1) is 22.4. The molecule has 0 atom stereocenters. The van der Waals surface area contributed by atoms with Gasteiger partial charge >= 0.3 is 0 Å². The number of hydrogen-bond acceptors (Lipinski definition) is 7. The van der Waals surface area contributed by atoms with Crippen LogP contribution in [-0.2, 0) is 16.6 Å².